The second kappa shape index (κ2) is 8.03. The summed E-state index contributed by atoms with van der Waals surface area (Å²) in [5.74, 6) is 0.694. The third-order valence-corrected chi connectivity index (χ3v) is 3.23. The van der Waals surface area contributed by atoms with Crippen LogP contribution >= 0.6 is 0 Å². The molecule has 2 aromatic rings. The Labute approximate surface area is 131 Å². The molecule has 0 radical (unpaired) electrons. The Kier molecular flexibility index (Phi) is 5.78. The molecule has 1 amide bonds. The van der Waals surface area contributed by atoms with E-state index >= 15 is 0 Å². The molecule has 0 unspecified atom stereocenters. The molecule has 3 nitrogen and oxygen atoms in total. The summed E-state index contributed by atoms with van der Waals surface area (Å²) < 4.78 is 5.54. The van der Waals surface area contributed by atoms with Crippen LogP contribution in [-0.2, 0) is 11.3 Å². The van der Waals surface area contributed by atoms with E-state index in [1.165, 1.54) is 5.56 Å². The van der Waals surface area contributed by atoms with Gasteiger partial charge in [0.1, 0.15) is 5.75 Å². The summed E-state index contributed by atoms with van der Waals surface area (Å²) >= 11 is 0. The first-order chi connectivity index (χ1) is 10.7. The molecule has 0 atom stereocenters. The number of carbonyl (C=O) groups excluding carboxylic acids is 1. The van der Waals surface area contributed by atoms with E-state index in [0.29, 0.717) is 13.2 Å². The highest BCUT2D eigenvalue weighted by atomic mass is 16.5. The minimum absolute atomic E-state index is 0.119. The summed E-state index contributed by atoms with van der Waals surface area (Å²) in [6.45, 7) is 5.04. The highest BCUT2D eigenvalue weighted by molar-refractivity contribution is 5.91. The third kappa shape index (κ3) is 4.77. The van der Waals surface area contributed by atoms with E-state index in [9.17, 15) is 4.79 Å². The normalized spacial score (nSPS) is 10.6. The lowest BCUT2D eigenvalue weighted by atomic mass is 10.1. The number of amides is 1. The predicted molar refractivity (Wildman–Crippen MR) is 89.7 cm³/mol. The molecule has 1 N–H and O–H groups in total. The molecular weight excluding hydrogens is 274 g/mol. The van der Waals surface area contributed by atoms with Crippen LogP contribution in [0.3, 0.4) is 0 Å². The Hall–Kier alpha value is -2.55. The lowest BCUT2D eigenvalue weighted by Crippen LogP contribution is -2.20. The third-order valence-electron chi connectivity index (χ3n) is 3.23. The summed E-state index contributed by atoms with van der Waals surface area (Å²) in [5, 5.41) is 2.87. The van der Waals surface area contributed by atoms with E-state index < -0.39 is 0 Å². The second-order valence-electron chi connectivity index (χ2n) is 5.00. The molecule has 0 spiro atoms. The van der Waals surface area contributed by atoms with Crippen LogP contribution in [-0.4, -0.2) is 12.5 Å². The summed E-state index contributed by atoms with van der Waals surface area (Å²) in [5.41, 5.74) is 3.19. The van der Waals surface area contributed by atoms with Crippen LogP contribution in [0.2, 0.25) is 0 Å². The largest absolute Gasteiger partial charge is 0.494 e. The highest BCUT2D eigenvalue weighted by Crippen LogP contribution is 2.17. The lowest BCUT2D eigenvalue weighted by Gasteiger charge is -2.10. The molecule has 0 heterocycles. The van der Waals surface area contributed by atoms with E-state index in [2.05, 4.69) is 5.32 Å². The molecule has 114 valence electrons. The highest BCUT2D eigenvalue weighted by Gasteiger charge is 2.03. The number of hydrogen-bond acceptors (Lipinski definition) is 2. The smallest absolute Gasteiger partial charge is 0.244 e. The molecule has 2 aromatic carbocycles. The Morgan fingerprint density at radius 3 is 2.59 bits per heavy atom. The summed E-state index contributed by atoms with van der Waals surface area (Å²) in [6.07, 6.45) is 3.36. The van der Waals surface area contributed by atoms with Gasteiger partial charge in [-0.1, -0.05) is 48.0 Å². The quantitative estimate of drug-likeness (QED) is 0.825. The van der Waals surface area contributed by atoms with Crippen molar-refractivity contribution in [3.8, 4) is 5.75 Å². The summed E-state index contributed by atoms with van der Waals surface area (Å²) in [6, 6.07) is 15.8. The zero-order valence-corrected chi connectivity index (χ0v) is 13.0. The van der Waals surface area contributed by atoms with Gasteiger partial charge in [0, 0.05) is 18.2 Å². The van der Waals surface area contributed by atoms with Crippen molar-refractivity contribution in [3.05, 3.63) is 71.3 Å². The van der Waals surface area contributed by atoms with Crippen LogP contribution in [0, 0.1) is 6.92 Å². The van der Waals surface area contributed by atoms with Crippen molar-refractivity contribution in [3.63, 3.8) is 0 Å². The van der Waals surface area contributed by atoms with Crippen LogP contribution in [0.4, 0.5) is 0 Å². The van der Waals surface area contributed by atoms with Gasteiger partial charge in [0.15, 0.2) is 0 Å². The zero-order valence-electron chi connectivity index (χ0n) is 13.0. The van der Waals surface area contributed by atoms with E-state index in [-0.39, 0.29) is 5.91 Å². The summed E-state index contributed by atoms with van der Waals surface area (Å²) in [4.78, 5) is 11.9. The molecule has 0 bridgehead atoms. The van der Waals surface area contributed by atoms with Crippen molar-refractivity contribution in [1.29, 1.82) is 0 Å². The minimum Gasteiger partial charge on any atom is -0.494 e. The Bertz CT molecular complexity index is 645. The molecule has 0 aromatic heterocycles. The van der Waals surface area contributed by atoms with Crippen molar-refractivity contribution in [2.75, 3.05) is 6.61 Å². The molecule has 0 saturated heterocycles. The van der Waals surface area contributed by atoms with Crippen LogP contribution in [0.15, 0.2) is 54.6 Å². The number of ether oxygens (including phenoxy) is 1. The maximum absolute atomic E-state index is 11.9. The predicted octanol–water partition coefficient (Wildman–Crippen LogP) is 3.72. The van der Waals surface area contributed by atoms with Gasteiger partial charge in [-0.15, -0.1) is 0 Å². The van der Waals surface area contributed by atoms with Crippen molar-refractivity contribution in [2.24, 2.45) is 0 Å². The fourth-order valence-corrected chi connectivity index (χ4v) is 2.04. The van der Waals surface area contributed by atoms with Crippen LogP contribution in [0.25, 0.3) is 6.08 Å². The van der Waals surface area contributed by atoms with Gasteiger partial charge < -0.3 is 10.1 Å². The lowest BCUT2D eigenvalue weighted by molar-refractivity contribution is -0.116. The average Bonchev–Trinajstić information content (AvgIpc) is 2.54. The van der Waals surface area contributed by atoms with Crippen LogP contribution < -0.4 is 10.1 Å². The van der Waals surface area contributed by atoms with Gasteiger partial charge in [-0.3, -0.25) is 4.79 Å². The number of rotatable bonds is 6. The Balaban J connectivity index is 1.91. The van der Waals surface area contributed by atoms with Gasteiger partial charge >= 0.3 is 0 Å². The maximum Gasteiger partial charge on any atom is 0.244 e. The fourth-order valence-electron chi connectivity index (χ4n) is 2.04. The molecule has 0 aliphatic heterocycles. The molecule has 0 saturated carbocycles. The molecular formula is C19H21NO2. The van der Waals surface area contributed by atoms with E-state index in [1.54, 1.807) is 6.08 Å². The van der Waals surface area contributed by atoms with E-state index in [4.69, 9.17) is 4.74 Å². The van der Waals surface area contributed by atoms with Crippen molar-refractivity contribution < 1.29 is 9.53 Å². The number of para-hydroxylation sites is 1. The van der Waals surface area contributed by atoms with Crippen LogP contribution in [0.5, 0.6) is 5.75 Å². The van der Waals surface area contributed by atoms with Gasteiger partial charge in [-0.2, -0.15) is 0 Å². The Morgan fingerprint density at radius 2 is 1.86 bits per heavy atom. The molecule has 2 rings (SSSR count). The van der Waals surface area contributed by atoms with Gasteiger partial charge in [0.25, 0.3) is 0 Å². The number of nitrogens with one attached hydrogen (secondary N) is 1. The first-order valence-electron chi connectivity index (χ1n) is 7.42. The first kappa shape index (κ1) is 15.8. The second-order valence-corrected chi connectivity index (χ2v) is 5.00. The summed E-state index contributed by atoms with van der Waals surface area (Å²) in [7, 11) is 0. The number of benzene rings is 2. The molecule has 0 aliphatic rings. The van der Waals surface area contributed by atoms with Gasteiger partial charge in [0.05, 0.1) is 6.61 Å². The van der Waals surface area contributed by atoms with E-state index in [0.717, 1.165) is 16.9 Å². The molecule has 22 heavy (non-hydrogen) atoms. The van der Waals surface area contributed by atoms with Crippen LogP contribution in [0.1, 0.15) is 23.6 Å². The molecule has 0 fully saturated rings. The molecule has 0 aliphatic carbocycles. The Morgan fingerprint density at radius 1 is 1.14 bits per heavy atom. The molecule has 3 heteroatoms. The van der Waals surface area contributed by atoms with Gasteiger partial charge in [-0.25, -0.2) is 0 Å². The number of aryl methyl sites for hydroxylation is 1. The van der Waals surface area contributed by atoms with Crippen molar-refractivity contribution in [1.82, 2.24) is 5.32 Å². The SMILES string of the molecule is CCOc1ccccc1CNC(=O)C=Cc1ccc(C)cc1. The average molecular weight is 295 g/mol. The number of hydrogen-bond donors (Lipinski definition) is 1. The topological polar surface area (TPSA) is 38.3 Å². The minimum atomic E-state index is -0.119. The van der Waals surface area contributed by atoms with Crippen molar-refractivity contribution in [2.45, 2.75) is 20.4 Å². The number of carbonyl (C=O) groups is 1. The van der Waals surface area contributed by atoms with Crippen molar-refractivity contribution >= 4 is 12.0 Å². The van der Waals surface area contributed by atoms with Gasteiger partial charge in [-0.05, 0) is 31.6 Å². The zero-order chi connectivity index (χ0) is 15.8. The standard InChI is InChI=1S/C19H21NO2/c1-3-22-18-7-5-4-6-17(18)14-20-19(21)13-12-16-10-8-15(2)9-11-16/h4-13H,3,14H2,1-2H3,(H,20,21). The van der Waals surface area contributed by atoms with Gasteiger partial charge in [0.2, 0.25) is 5.91 Å². The fraction of sp³-hybridized carbons (Fsp3) is 0.211. The first-order valence-corrected chi connectivity index (χ1v) is 7.42. The maximum atomic E-state index is 11.9. The monoisotopic (exact) mass is 295 g/mol. The van der Waals surface area contributed by atoms with E-state index in [1.807, 2.05) is 68.5 Å².